The molecule has 0 aliphatic rings. The smallest absolute Gasteiger partial charge is 0.258 e. The summed E-state index contributed by atoms with van der Waals surface area (Å²) < 4.78 is -0.0383. The summed E-state index contributed by atoms with van der Waals surface area (Å²) in [5.41, 5.74) is 1.89. The van der Waals surface area contributed by atoms with Crippen LogP contribution in [0.3, 0.4) is 0 Å². The van der Waals surface area contributed by atoms with Crippen LogP contribution in [0.5, 0.6) is 0 Å². The fourth-order valence-electron chi connectivity index (χ4n) is 1.97. The van der Waals surface area contributed by atoms with Gasteiger partial charge < -0.3 is 10.6 Å². The number of benzene rings is 1. The first-order valence-electron chi connectivity index (χ1n) is 7.58. The molecule has 2 rings (SSSR count). The summed E-state index contributed by atoms with van der Waals surface area (Å²) in [5, 5.41) is 6.25. The second-order valence-corrected chi connectivity index (χ2v) is 8.10. The molecule has 5 nitrogen and oxygen atoms in total. The molecule has 0 saturated heterocycles. The summed E-state index contributed by atoms with van der Waals surface area (Å²) in [6.07, 6.45) is 1.69. The summed E-state index contributed by atoms with van der Waals surface area (Å²) in [5.74, 6) is -0.340. The van der Waals surface area contributed by atoms with Crippen molar-refractivity contribution in [2.45, 2.75) is 37.5 Å². The first-order chi connectivity index (χ1) is 11.2. The Morgan fingerprint density at radius 2 is 1.58 bits per heavy atom. The molecule has 2 aromatic rings. The van der Waals surface area contributed by atoms with Crippen LogP contribution in [0.1, 0.15) is 38.1 Å². The number of rotatable bonds is 4. The van der Waals surface area contributed by atoms with E-state index in [1.54, 1.807) is 54.4 Å². The molecule has 0 aliphatic heterocycles. The minimum Gasteiger partial charge on any atom is -0.326 e. The maximum atomic E-state index is 12.5. The minimum absolute atomic E-state index is 0.0383. The van der Waals surface area contributed by atoms with Crippen molar-refractivity contribution in [3.8, 4) is 0 Å². The number of anilines is 2. The van der Waals surface area contributed by atoms with Gasteiger partial charge in [0, 0.05) is 29.2 Å². The molecule has 0 fully saturated rings. The van der Waals surface area contributed by atoms with E-state index in [-0.39, 0.29) is 16.6 Å². The molecule has 6 heteroatoms. The Balaban J connectivity index is 2.14. The molecule has 126 valence electrons. The lowest BCUT2D eigenvalue weighted by Crippen LogP contribution is -2.16. The summed E-state index contributed by atoms with van der Waals surface area (Å²) in [7, 11) is 0. The Hall–Kier alpha value is -2.34. The van der Waals surface area contributed by atoms with Gasteiger partial charge in [-0.25, -0.2) is 4.98 Å². The zero-order chi connectivity index (χ0) is 17.7. The fourth-order valence-corrected chi connectivity index (χ4v) is 2.94. The van der Waals surface area contributed by atoms with Crippen LogP contribution in [0.2, 0.25) is 0 Å². The van der Waals surface area contributed by atoms with E-state index in [0.29, 0.717) is 22.0 Å². The number of thioether (sulfide) groups is 1. The van der Waals surface area contributed by atoms with Crippen molar-refractivity contribution >= 4 is 35.0 Å². The van der Waals surface area contributed by atoms with Crippen molar-refractivity contribution in [3.05, 3.63) is 48.2 Å². The molecule has 0 bridgehead atoms. The minimum atomic E-state index is -0.206. The van der Waals surface area contributed by atoms with Crippen molar-refractivity contribution in [1.29, 1.82) is 0 Å². The number of aromatic nitrogens is 1. The van der Waals surface area contributed by atoms with Crippen molar-refractivity contribution < 1.29 is 9.59 Å². The molecule has 0 spiro atoms. The molecule has 0 atom stereocenters. The Morgan fingerprint density at radius 1 is 1.00 bits per heavy atom. The predicted molar refractivity (Wildman–Crippen MR) is 98.5 cm³/mol. The standard InChI is InChI=1S/C18H21N3O2S/c1-12(22)20-13-7-9-14(10-8-13)21-16(23)15-6-5-11-19-17(15)24-18(2,3)4/h5-11H,1-4H3,(H,20,22)(H,21,23). The Bertz CT molecular complexity index is 737. The van der Waals surface area contributed by atoms with Gasteiger partial charge in [0.25, 0.3) is 5.91 Å². The molecular weight excluding hydrogens is 322 g/mol. The highest BCUT2D eigenvalue weighted by Gasteiger charge is 2.19. The van der Waals surface area contributed by atoms with Gasteiger partial charge in [-0.2, -0.15) is 0 Å². The molecule has 1 aromatic heterocycles. The Kier molecular flexibility index (Phi) is 5.62. The van der Waals surface area contributed by atoms with Crippen molar-refractivity contribution in [2.24, 2.45) is 0 Å². The van der Waals surface area contributed by atoms with Gasteiger partial charge in [-0.3, -0.25) is 9.59 Å². The zero-order valence-corrected chi connectivity index (χ0v) is 15.0. The number of carbonyl (C=O) groups excluding carboxylic acids is 2. The highest BCUT2D eigenvalue weighted by molar-refractivity contribution is 8.00. The summed E-state index contributed by atoms with van der Waals surface area (Å²) in [6, 6.07) is 10.5. The third kappa shape index (κ3) is 5.38. The van der Waals surface area contributed by atoms with E-state index in [2.05, 4.69) is 36.4 Å². The number of hydrogen-bond donors (Lipinski definition) is 2. The summed E-state index contributed by atoms with van der Waals surface area (Å²) in [4.78, 5) is 27.9. The lowest BCUT2D eigenvalue weighted by molar-refractivity contribution is -0.114. The van der Waals surface area contributed by atoms with E-state index < -0.39 is 0 Å². The van der Waals surface area contributed by atoms with Gasteiger partial charge in [-0.1, -0.05) is 32.5 Å². The maximum absolute atomic E-state index is 12.5. The van der Waals surface area contributed by atoms with Gasteiger partial charge in [0.15, 0.2) is 0 Å². The van der Waals surface area contributed by atoms with E-state index in [1.165, 1.54) is 6.92 Å². The van der Waals surface area contributed by atoms with Crippen LogP contribution in [-0.2, 0) is 4.79 Å². The molecule has 0 unspecified atom stereocenters. The van der Waals surface area contributed by atoms with E-state index in [1.807, 2.05) is 0 Å². The number of amides is 2. The average Bonchev–Trinajstić information content (AvgIpc) is 2.47. The van der Waals surface area contributed by atoms with Crippen LogP contribution in [-0.4, -0.2) is 21.5 Å². The molecule has 2 N–H and O–H groups in total. The third-order valence-corrected chi connectivity index (χ3v) is 4.01. The zero-order valence-electron chi connectivity index (χ0n) is 14.2. The number of hydrogen-bond acceptors (Lipinski definition) is 4. The Labute approximate surface area is 146 Å². The van der Waals surface area contributed by atoms with Crippen LogP contribution in [0.25, 0.3) is 0 Å². The van der Waals surface area contributed by atoms with E-state index in [0.717, 1.165) is 0 Å². The van der Waals surface area contributed by atoms with Crippen LogP contribution in [0, 0.1) is 0 Å². The maximum Gasteiger partial charge on any atom is 0.258 e. The van der Waals surface area contributed by atoms with Crippen LogP contribution >= 0.6 is 11.8 Å². The van der Waals surface area contributed by atoms with E-state index >= 15 is 0 Å². The molecule has 2 amide bonds. The lowest BCUT2D eigenvalue weighted by atomic mass is 10.2. The molecule has 1 heterocycles. The summed E-state index contributed by atoms with van der Waals surface area (Å²) in [6.45, 7) is 7.69. The van der Waals surface area contributed by atoms with Crippen LogP contribution in [0.4, 0.5) is 11.4 Å². The molecule has 0 aliphatic carbocycles. The second-order valence-electron chi connectivity index (χ2n) is 6.28. The highest BCUT2D eigenvalue weighted by atomic mass is 32.2. The van der Waals surface area contributed by atoms with E-state index in [4.69, 9.17) is 0 Å². The van der Waals surface area contributed by atoms with Crippen LogP contribution < -0.4 is 10.6 Å². The quantitative estimate of drug-likeness (QED) is 0.817. The highest BCUT2D eigenvalue weighted by Crippen LogP contribution is 2.32. The monoisotopic (exact) mass is 343 g/mol. The van der Waals surface area contributed by atoms with Gasteiger partial charge in [0.1, 0.15) is 5.03 Å². The number of nitrogens with one attached hydrogen (secondary N) is 2. The van der Waals surface area contributed by atoms with Crippen LogP contribution in [0.15, 0.2) is 47.6 Å². The number of carbonyl (C=O) groups is 2. The Morgan fingerprint density at radius 3 is 2.12 bits per heavy atom. The van der Waals surface area contributed by atoms with Crippen molar-refractivity contribution in [1.82, 2.24) is 4.98 Å². The van der Waals surface area contributed by atoms with Gasteiger partial charge in [-0.05, 0) is 36.4 Å². The van der Waals surface area contributed by atoms with Crippen molar-refractivity contribution in [3.63, 3.8) is 0 Å². The first-order valence-corrected chi connectivity index (χ1v) is 8.39. The first kappa shape index (κ1) is 18.0. The molecule has 0 saturated carbocycles. The largest absolute Gasteiger partial charge is 0.326 e. The third-order valence-electron chi connectivity index (χ3n) is 2.88. The summed E-state index contributed by atoms with van der Waals surface area (Å²) >= 11 is 1.56. The van der Waals surface area contributed by atoms with Gasteiger partial charge in [0.2, 0.25) is 5.91 Å². The average molecular weight is 343 g/mol. The normalized spacial score (nSPS) is 11.0. The topological polar surface area (TPSA) is 71.1 Å². The SMILES string of the molecule is CC(=O)Nc1ccc(NC(=O)c2cccnc2SC(C)(C)C)cc1. The molecule has 1 aromatic carbocycles. The molecule has 24 heavy (non-hydrogen) atoms. The molecular formula is C18H21N3O2S. The molecule has 0 radical (unpaired) electrons. The predicted octanol–water partition coefficient (Wildman–Crippen LogP) is 4.18. The fraction of sp³-hybridized carbons (Fsp3) is 0.278. The van der Waals surface area contributed by atoms with Gasteiger partial charge in [-0.15, -0.1) is 0 Å². The van der Waals surface area contributed by atoms with E-state index in [9.17, 15) is 9.59 Å². The van der Waals surface area contributed by atoms with Gasteiger partial charge >= 0.3 is 0 Å². The van der Waals surface area contributed by atoms with Crippen molar-refractivity contribution in [2.75, 3.05) is 10.6 Å². The number of nitrogens with zero attached hydrogens (tertiary/aromatic N) is 1. The lowest BCUT2D eigenvalue weighted by Gasteiger charge is -2.18. The number of pyridine rings is 1. The second kappa shape index (κ2) is 7.49. The van der Waals surface area contributed by atoms with Gasteiger partial charge in [0.05, 0.1) is 5.56 Å².